The standard InChI is InChI=1S/C16H9N3S/c1-3-7-11-9(5-1)13-15(17-11)16-14(19-18-13)10-6-2-4-8-12(10)20-16/h1-8,17H. The molecule has 0 aliphatic heterocycles. The largest absolute Gasteiger partial charge is 0.352 e. The number of aromatic amines is 1. The second-order valence-corrected chi connectivity index (χ2v) is 5.92. The van der Waals surface area contributed by atoms with Crippen molar-refractivity contribution < 1.29 is 0 Å². The molecule has 0 amide bonds. The lowest BCUT2D eigenvalue weighted by Crippen LogP contribution is -1.82. The van der Waals surface area contributed by atoms with E-state index in [1.165, 1.54) is 14.8 Å². The smallest absolute Gasteiger partial charge is 0.120 e. The van der Waals surface area contributed by atoms with E-state index in [9.17, 15) is 0 Å². The summed E-state index contributed by atoms with van der Waals surface area (Å²) >= 11 is 1.77. The predicted molar refractivity (Wildman–Crippen MR) is 84.3 cm³/mol. The van der Waals surface area contributed by atoms with Crippen LogP contribution in [-0.4, -0.2) is 15.2 Å². The van der Waals surface area contributed by atoms with Crippen LogP contribution in [0, 0.1) is 0 Å². The third-order valence-corrected chi connectivity index (χ3v) is 4.90. The van der Waals surface area contributed by atoms with Gasteiger partial charge in [0.25, 0.3) is 0 Å². The van der Waals surface area contributed by atoms with Crippen molar-refractivity contribution in [2.24, 2.45) is 0 Å². The predicted octanol–water partition coefficient (Wildman–Crippen LogP) is 4.48. The highest BCUT2D eigenvalue weighted by molar-refractivity contribution is 7.26. The number of fused-ring (bicyclic) bond motifs is 7. The van der Waals surface area contributed by atoms with E-state index in [1.54, 1.807) is 11.3 Å². The summed E-state index contributed by atoms with van der Waals surface area (Å²) < 4.78 is 2.44. The van der Waals surface area contributed by atoms with Gasteiger partial charge in [-0.3, -0.25) is 0 Å². The van der Waals surface area contributed by atoms with Crippen LogP contribution in [0.1, 0.15) is 0 Å². The summed E-state index contributed by atoms with van der Waals surface area (Å²) in [5.74, 6) is 0. The molecule has 0 bridgehead atoms. The average Bonchev–Trinajstić information content (AvgIpc) is 3.05. The van der Waals surface area contributed by atoms with Gasteiger partial charge in [-0.05, 0) is 12.1 Å². The van der Waals surface area contributed by atoms with Gasteiger partial charge in [-0.25, -0.2) is 0 Å². The van der Waals surface area contributed by atoms with Crippen molar-refractivity contribution in [3.8, 4) is 0 Å². The molecule has 20 heavy (non-hydrogen) atoms. The Kier molecular flexibility index (Phi) is 1.84. The molecule has 0 radical (unpaired) electrons. The zero-order valence-corrected chi connectivity index (χ0v) is 11.2. The lowest BCUT2D eigenvalue weighted by Gasteiger charge is -1.91. The summed E-state index contributed by atoms with van der Waals surface area (Å²) in [6, 6.07) is 16.6. The van der Waals surface area contributed by atoms with Crippen molar-refractivity contribution in [2.45, 2.75) is 0 Å². The van der Waals surface area contributed by atoms with Gasteiger partial charge in [0.15, 0.2) is 0 Å². The summed E-state index contributed by atoms with van der Waals surface area (Å²) in [6.07, 6.45) is 0. The van der Waals surface area contributed by atoms with Crippen LogP contribution >= 0.6 is 11.3 Å². The molecule has 0 saturated carbocycles. The Hall–Kier alpha value is -2.46. The number of benzene rings is 2. The number of hydrogen-bond acceptors (Lipinski definition) is 3. The van der Waals surface area contributed by atoms with Crippen LogP contribution < -0.4 is 0 Å². The molecule has 0 atom stereocenters. The van der Waals surface area contributed by atoms with E-state index in [2.05, 4.69) is 45.5 Å². The zero-order valence-electron chi connectivity index (χ0n) is 10.4. The van der Waals surface area contributed by atoms with Crippen molar-refractivity contribution in [2.75, 3.05) is 0 Å². The fraction of sp³-hybridized carbons (Fsp3) is 0. The Morgan fingerprint density at radius 3 is 2.50 bits per heavy atom. The first-order chi connectivity index (χ1) is 9.92. The molecule has 0 saturated heterocycles. The first-order valence-corrected chi connectivity index (χ1v) is 7.28. The molecule has 3 nitrogen and oxygen atoms in total. The molecule has 3 aromatic heterocycles. The van der Waals surface area contributed by atoms with Crippen LogP contribution in [0.15, 0.2) is 48.5 Å². The monoisotopic (exact) mass is 275 g/mol. The molecule has 0 fully saturated rings. The number of para-hydroxylation sites is 1. The van der Waals surface area contributed by atoms with Gasteiger partial charge in [0, 0.05) is 21.0 Å². The van der Waals surface area contributed by atoms with E-state index in [0.29, 0.717) is 0 Å². The van der Waals surface area contributed by atoms with Crippen LogP contribution in [0.4, 0.5) is 0 Å². The molecule has 5 aromatic rings. The first kappa shape index (κ1) is 10.3. The molecule has 4 heteroatoms. The number of H-pyrrole nitrogens is 1. The van der Waals surface area contributed by atoms with Crippen LogP contribution in [-0.2, 0) is 0 Å². The van der Waals surface area contributed by atoms with Crippen molar-refractivity contribution in [3.63, 3.8) is 0 Å². The lowest BCUT2D eigenvalue weighted by atomic mass is 10.2. The molecule has 3 heterocycles. The molecule has 2 aromatic carbocycles. The highest BCUT2D eigenvalue weighted by Crippen LogP contribution is 2.37. The summed E-state index contributed by atoms with van der Waals surface area (Å²) in [5, 5.41) is 11.2. The number of thiophene rings is 1. The van der Waals surface area contributed by atoms with Gasteiger partial charge in [-0.15, -0.1) is 21.5 Å². The molecule has 0 aliphatic rings. The Labute approximate surface area is 117 Å². The van der Waals surface area contributed by atoms with E-state index in [4.69, 9.17) is 0 Å². The topological polar surface area (TPSA) is 41.6 Å². The van der Waals surface area contributed by atoms with Gasteiger partial charge in [0.1, 0.15) is 11.0 Å². The Morgan fingerprint density at radius 1 is 0.800 bits per heavy atom. The van der Waals surface area contributed by atoms with Crippen molar-refractivity contribution in [1.29, 1.82) is 0 Å². The van der Waals surface area contributed by atoms with Gasteiger partial charge >= 0.3 is 0 Å². The summed E-state index contributed by atoms with van der Waals surface area (Å²) in [4.78, 5) is 3.49. The highest BCUT2D eigenvalue weighted by Gasteiger charge is 2.13. The summed E-state index contributed by atoms with van der Waals surface area (Å²) in [7, 11) is 0. The van der Waals surface area contributed by atoms with Gasteiger partial charge in [0.2, 0.25) is 0 Å². The first-order valence-electron chi connectivity index (χ1n) is 6.46. The summed E-state index contributed by atoms with van der Waals surface area (Å²) in [6.45, 7) is 0. The lowest BCUT2D eigenvalue weighted by molar-refractivity contribution is 1.13. The fourth-order valence-corrected chi connectivity index (χ4v) is 3.93. The maximum Gasteiger partial charge on any atom is 0.120 e. The van der Waals surface area contributed by atoms with Crippen LogP contribution in [0.25, 0.3) is 42.2 Å². The molecule has 0 aliphatic carbocycles. The SMILES string of the molecule is c1ccc2c(c1)[nH]c1c2nnc2c3ccccc3sc21. The normalized spacial score (nSPS) is 12.0. The number of nitrogens with one attached hydrogen (secondary N) is 1. The van der Waals surface area contributed by atoms with E-state index in [0.717, 1.165) is 27.5 Å². The molecule has 5 rings (SSSR count). The molecular weight excluding hydrogens is 266 g/mol. The summed E-state index contributed by atoms with van der Waals surface area (Å²) in [5.41, 5.74) is 4.16. The Morgan fingerprint density at radius 2 is 1.55 bits per heavy atom. The third kappa shape index (κ3) is 1.19. The van der Waals surface area contributed by atoms with Crippen LogP contribution in [0.5, 0.6) is 0 Å². The quantitative estimate of drug-likeness (QED) is 0.453. The minimum atomic E-state index is 0.958. The maximum atomic E-state index is 4.46. The Bertz CT molecular complexity index is 1010. The molecule has 0 unspecified atom stereocenters. The zero-order chi connectivity index (χ0) is 13.1. The van der Waals surface area contributed by atoms with Crippen molar-refractivity contribution >= 4 is 53.6 Å². The second kappa shape index (κ2) is 3.55. The Balaban J connectivity index is 2.10. The average molecular weight is 275 g/mol. The van der Waals surface area contributed by atoms with E-state index in [1.807, 2.05) is 18.2 Å². The van der Waals surface area contributed by atoms with Gasteiger partial charge in [-0.2, -0.15) is 0 Å². The van der Waals surface area contributed by atoms with Gasteiger partial charge < -0.3 is 4.98 Å². The third-order valence-electron chi connectivity index (χ3n) is 3.72. The van der Waals surface area contributed by atoms with E-state index >= 15 is 0 Å². The van der Waals surface area contributed by atoms with Crippen LogP contribution in [0.3, 0.4) is 0 Å². The molecule has 1 N–H and O–H groups in total. The number of hydrogen-bond donors (Lipinski definition) is 1. The van der Waals surface area contributed by atoms with Gasteiger partial charge in [-0.1, -0.05) is 36.4 Å². The van der Waals surface area contributed by atoms with Crippen molar-refractivity contribution in [1.82, 2.24) is 15.2 Å². The number of aromatic nitrogens is 3. The van der Waals surface area contributed by atoms with E-state index < -0.39 is 0 Å². The minimum Gasteiger partial charge on any atom is -0.352 e. The second-order valence-electron chi connectivity index (χ2n) is 4.87. The molecule has 94 valence electrons. The number of rotatable bonds is 0. The van der Waals surface area contributed by atoms with Gasteiger partial charge in [0.05, 0.1) is 10.2 Å². The fourth-order valence-electron chi connectivity index (χ4n) is 2.80. The maximum absolute atomic E-state index is 4.46. The minimum absolute atomic E-state index is 0.958. The van der Waals surface area contributed by atoms with Crippen molar-refractivity contribution in [3.05, 3.63) is 48.5 Å². The molecule has 0 spiro atoms. The molecular formula is C16H9N3S. The van der Waals surface area contributed by atoms with Crippen LogP contribution in [0.2, 0.25) is 0 Å². The highest BCUT2D eigenvalue weighted by atomic mass is 32.1. The number of nitrogens with zero attached hydrogens (tertiary/aromatic N) is 2. The van der Waals surface area contributed by atoms with E-state index in [-0.39, 0.29) is 0 Å².